The summed E-state index contributed by atoms with van der Waals surface area (Å²) in [5.74, 6) is 0.319. The van der Waals surface area contributed by atoms with Gasteiger partial charge in [-0.05, 0) is 30.5 Å². The molecule has 3 aromatic rings. The van der Waals surface area contributed by atoms with Gasteiger partial charge in [-0.2, -0.15) is 0 Å². The molecule has 0 atom stereocenters. The van der Waals surface area contributed by atoms with Gasteiger partial charge in [-0.15, -0.1) is 10.2 Å². The number of nitrogens with zero attached hydrogens (tertiary/aromatic N) is 3. The minimum Gasteiger partial charge on any atom is -0.355 e. The van der Waals surface area contributed by atoms with Crippen LogP contribution in [0.15, 0.2) is 66.1 Å². The normalized spacial score (nSPS) is 10.6. The van der Waals surface area contributed by atoms with Crippen LogP contribution in [-0.4, -0.2) is 33.0 Å². The minimum absolute atomic E-state index is 0.000245. The highest BCUT2D eigenvalue weighted by Gasteiger charge is 2.11. The minimum atomic E-state index is 0.000245. The SMILES string of the molecule is Cc1ccccc1-n1cnnc1SCC(=O)NCCc1ccccc1. The standard InChI is InChI=1S/C19H20N4OS/c1-15-7-5-6-10-17(15)23-14-21-22-19(23)25-13-18(24)20-12-11-16-8-3-2-4-9-16/h2-10,14H,11-13H2,1H3,(H,20,24). The number of rotatable bonds is 7. The molecule has 0 spiro atoms. The molecule has 1 N–H and O–H groups in total. The highest BCUT2D eigenvalue weighted by Crippen LogP contribution is 2.21. The predicted octanol–water partition coefficient (Wildman–Crippen LogP) is 3.03. The maximum atomic E-state index is 12.1. The van der Waals surface area contributed by atoms with Gasteiger partial charge in [-0.1, -0.05) is 60.3 Å². The van der Waals surface area contributed by atoms with Crippen LogP contribution in [0.4, 0.5) is 0 Å². The monoisotopic (exact) mass is 352 g/mol. The molecule has 0 saturated heterocycles. The summed E-state index contributed by atoms with van der Waals surface area (Å²) in [5, 5.41) is 11.8. The van der Waals surface area contributed by atoms with Crippen molar-refractivity contribution in [3.63, 3.8) is 0 Å². The largest absolute Gasteiger partial charge is 0.355 e. The Bertz CT molecular complexity index is 832. The Morgan fingerprint density at radius 1 is 1.12 bits per heavy atom. The highest BCUT2D eigenvalue weighted by atomic mass is 32.2. The molecule has 0 aliphatic carbocycles. The molecule has 25 heavy (non-hydrogen) atoms. The summed E-state index contributed by atoms with van der Waals surface area (Å²) >= 11 is 1.39. The van der Waals surface area contributed by atoms with Gasteiger partial charge in [-0.3, -0.25) is 9.36 Å². The number of para-hydroxylation sites is 1. The fraction of sp³-hybridized carbons (Fsp3) is 0.211. The number of carbonyl (C=O) groups is 1. The van der Waals surface area contributed by atoms with Crippen LogP contribution in [0.5, 0.6) is 0 Å². The lowest BCUT2D eigenvalue weighted by molar-refractivity contribution is -0.118. The van der Waals surface area contributed by atoms with Gasteiger partial charge in [0.2, 0.25) is 5.91 Å². The van der Waals surface area contributed by atoms with E-state index in [0.717, 1.165) is 17.7 Å². The molecular weight excluding hydrogens is 332 g/mol. The van der Waals surface area contributed by atoms with Gasteiger partial charge in [-0.25, -0.2) is 0 Å². The maximum absolute atomic E-state index is 12.1. The van der Waals surface area contributed by atoms with Crippen molar-refractivity contribution >= 4 is 17.7 Å². The number of hydrogen-bond donors (Lipinski definition) is 1. The van der Waals surface area contributed by atoms with Gasteiger partial charge in [0, 0.05) is 6.54 Å². The molecule has 6 heteroatoms. The number of benzene rings is 2. The predicted molar refractivity (Wildman–Crippen MR) is 100.0 cm³/mol. The van der Waals surface area contributed by atoms with Crippen LogP contribution in [0.3, 0.4) is 0 Å². The van der Waals surface area contributed by atoms with E-state index in [4.69, 9.17) is 0 Å². The topological polar surface area (TPSA) is 59.8 Å². The molecule has 2 aromatic carbocycles. The summed E-state index contributed by atoms with van der Waals surface area (Å²) in [7, 11) is 0. The van der Waals surface area contributed by atoms with E-state index in [1.807, 2.05) is 54.0 Å². The number of hydrogen-bond acceptors (Lipinski definition) is 4. The van der Waals surface area contributed by atoms with Gasteiger partial charge in [0.1, 0.15) is 6.33 Å². The van der Waals surface area contributed by atoms with Crippen molar-refractivity contribution in [1.82, 2.24) is 20.1 Å². The Hall–Kier alpha value is -2.60. The summed E-state index contributed by atoms with van der Waals surface area (Å²) < 4.78 is 1.91. The van der Waals surface area contributed by atoms with E-state index in [1.54, 1.807) is 6.33 Å². The number of aryl methyl sites for hydroxylation is 1. The van der Waals surface area contributed by atoms with E-state index in [-0.39, 0.29) is 5.91 Å². The molecule has 1 heterocycles. The van der Waals surface area contributed by atoms with Gasteiger partial charge < -0.3 is 5.32 Å². The Morgan fingerprint density at radius 3 is 2.68 bits per heavy atom. The van der Waals surface area contributed by atoms with Crippen LogP contribution in [0.25, 0.3) is 5.69 Å². The van der Waals surface area contributed by atoms with E-state index < -0.39 is 0 Å². The maximum Gasteiger partial charge on any atom is 0.230 e. The van der Waals surface area contributed by atoms with Crippen LogP contribution < -0.4 is 5.32 Å². The molecule has 0 saturated carbocycles. The first kappa shape index (κ1) is 17.2. The summed E-state index contributed by atoms with van der Waals surface area (Å²) in [4.78, 5) is 12.1. The van der Waals surface area contributed by atoms with Crippen molar-refractivity contribution in [2.75, 3.05) is 12.3 Å². The summed E-state index contributed by atoms with van der Waals surface area (Å²) in [6, 6.07) is 18.2. The summed E-state index contributed by atoms with van der Waals surface area (Å²) in [6.07, 6.45) is 2.51. The summed E-state index contributed by atoms with van der Waals surface area (Å²) in [6.45, 7) is 2.67. The molecule has 0 fully saturated rings. The zero-order valence-corrected chi connectivity index (χ0v) is 14.9. The van der Waals surface area contributed by atoms with Crippen LogP contribution >= 0.6 is 11.8 Å². The number of thioether (sulfide) groups is 1. The lowest BCUT2D eigenvalue weighted by Crippen LogP contribution is -2.27. The van der Waals surface area contributed by atoms with E-state index >= 15 is 0 Å². The van der Waals surface area contributed by atoms with Gasteiger partial charge in [0.15, 0.2) is 5.16 Å². The Balaban J connectivity index is 1.52. The molecule has 0 aliphatic rings. The molecule has 1 amide bonds. The van der Waals surface area contributed by atoms with E-state index in [1.165, 1.54) is 17.3 Å². The zero-order chi connectivity index (χ0) is 17.5. The van der Waals surface area contributed by atoms with Crippen molar-refractivity contribution in [2.24, 2.45) is 0 Å². The van der Waals surface area contributed by atoms with E-state index in [2.05, 4.69) is 27.6 Å². The van der Waals surface area contributed by atoms with Crippen molar-refractivity contribution < 1.29 is 4.79 Å². The average Bonchev–Trinajstić information content (AvgIpc) is 3.10. The highest BCUT2D eigenvalue weighted by molar-refractivity contribution is 7.99. The van der Waals surface area contributed by atoms with Crippen LogP contribution in [-0.2, 0) is 11.2 Å². The molecule has 128 valence electrons. The first-order chi connectivity index (χ1) is 12.2. The molecule has 0 unspecified atom stereocenters. The lowest BCUT2D eigenvalue weighted by atomic mass is 10.1. The second kappa shape index (κ2) is 8.48. The fourth-order valence-electron chi connectivity index (χ4n) is 2.49. The number of carbonyl (C=O) groups excluding carboxylic acids is 1. The van der Waals surface area contributed by atoms with Crippen LogP contribution in [0.2, 0.25) is 0 Å². The molecule has 0 bridgehead atoms. The molecule has 1 aromatic heterocycles. The first-order valence-corrected chi connectivity index (χ1v) is 9.12. The Labute approximate surface area is 151 Å². The molecule has 0 radical (unpaired) electrons. The molecular formula is C19H20N4OS. The molecule has 3 rings (SSSR count). The van der Waals surface area contributed by atoms with Crippen molar-refractivity contribution in [2.45, 2.75) is 18.5 Å². The fourth-order valence-corrected chi connectivity index (χ4v) is 3.25. The number of amides is 1. The van der Waals surface area contributed by atoms with Crippen LogP contribution in [0, 0.1) is 6.92 Å². The van der Waals surface area contributed by atoms with Crippen molar-refractivity contribution in [1.29, 1.82) is 0 Å². The lowest BCUT2D eigenvalue weighted by Gasteiger charge is -2.09. The number of aromatic nitrogens is 3. The third kappa shape index (κ3) is 4.70. The Morgan fingerprint density at radius 2 is 1.88 bits per heavy atom. The first-order valence-electron chi connectivity index (χ1n) is 8.13. The molecule has 5 nitrogen and oxygen atoms in total. The third-order valence-corrected chi connectivity index (χ3v) is 4.75. The second-order valence-electron chi connectivity index (χ2n) is 5.64. The van der Waals surface area contributed by atoms with Gasteiger partial charge >= 0.3 is 0 Å². The van der Waals surface area contributed by atoms with Gasteiger partial charge in [0.25, 0.3) is 0 Å². The second-order valence-corrected chi connectivity index (χ2v) is 6.59. The smallest absolute Gasteiger partial charge is 0.230 e. The van der Waals surface area contributed by atoms with E-state index in [0.29, 0.717) is 17.5 Å². The van der Waals surface area contributed by atoms with Gasteiger partial charge in [0.05, 0.1) is 11.4 Å². The van der Waals surface area contributed by atoms with Crippen molar-refractivity contribution in [3.05, 3.63) is 72.1 Å². The van der Waals surface area contributed by atoms with Crippen LogP contribution in [0.1, 0.15) is 11.1 Å². The number of nitrogens with one attached hydrogen (secondary N) is 1. The Kier molecular flexibility index (Phi) is 5.85. The average molecular weight is 352 g/mol. The van der Waals surface area contributed by atoms with E-state index in [9.17, 15) is 4.79 Å². The quantitative estimate of drug-likeness (QED) is 0.664. The van der Waals surface area contributed by atoms with Crippen molar-refractivity contribution in [3.8, 4) is 5.69 Å². The zero-order valence-electron chi connectivity index (χ0n) is 14.1. The summed E-state index contributed by atoms with van der Waals surface area (Å²) in [5.41, 5.74) is 3.38. The third-order valence-electron chi connectivity index (χ3n) is 3.80. The molecule has 0 aliphatic heterocycles.